The van der Waals surface area contributed by atoms with Crippen molar-refractivity contribution in [1.29, 1.82) is 0 Å². The Balaban J connectivity index is 2.67. The number of nitrogens with two attached hydrogens (primary N) is 1. The fraction of sp³-hybridized carbons (Fsp3) is 0.562. The molecular formula is C16H27N3O2. The molecule has 118 valence electrons. The van der Waals surface area contributed by atoms with Gasteiger partial charge in [0.2, 0.25) is 0 Å². The van der Waals surface area contributed by atoms with Gasteiger partial charge >= 0.3 is 0 Å². The van der Waals surface area contributed by atoms with Crippen molar-refractivity contribution in [1.82, 2.24) is 10.2 Å². The molecular weight excluding hydrogens is 266 g/mol. The van der Waals surface area contributed by atoms with Gasteiger partial charge in [-0.25, -0.2) is 0 Å². The van der Waals surface area contributed by atoms with Crippen LogP contribution in [0.25, 0.3) is 0 Å². The van der Waals surface area contributed by atoms with Crippen LogP contribution in [0.2, 0.25) is 0 Å². The Bertz CT molecular complexity index is 465. The van der Waals surface area contributed by atoms with Crippen LogP contribution in [-0.4, -0.2) is 43.1 Å². The van der Waals surface area contributed by atoms with Crippen LogP contribution in [-0.2, 0) is 0 Å². The zero-order valence-electron chi connectivity index (χ0n) is 13.6. The molecule has 0 saturated carbocycles. The van der Waals surface area contributed by atoms with E-state index in [0.29, 0.717) is 35.6 Å². The number of hydrogen-bond acceptors (Lipinski definition) is 4. The normalized spacial score (nSPS) is 11.2. The number of nitrogen functional groups attached to an aromatic ring is 1. The monoisotopic (exact) mass is 293 g/mol. The van der Waals surface area contributed by atoms with Gasteiger partial charge in [0.05, 0.1) is 7.11 Å². The van der Waals surface area contributed by atoms with Gasteiger partial charge < -0.3 is 15.8 Å². The summed E-state index contributed by atoms with van der Waals surface area (Å²) >= 11 is 0. The number of benzene rings is 1. The van der Waals surface area contributed by atoms with E-state index in [2.05, 4.69) is 37.9 Å². The first-order chi connectivity index (χ1) is 9.88. The number of carbonyl (C=O) groups excluding carboxylic acids is 1. The van der Waals surface area contributed by atoms with Crippen LogP contribution < -0.4 is 15.8 Å². The van der Waals surface area contributed by atoms with Gasteiger partial charge in [-0.2, -0.15) is 0 Å². The van der Waals surface area contributed by atoms with E-state index in [4.69, 9.17) is 10.5 Å². The van der Waals surface area contributed by atoms with E-state index >= 15 is 0 Å². The van der Waals surface area contributed by atoms with Crippen LogP contribution in [0, 0.1) is 0 Å². The minimum Gasteiger partial charge on any atom is -0.496 e. The van der Waals surface area contributed by atoms with Crippen LogP contribution in [0.3, 0.4) is 0 Å². The Morgan fingerprint density at radius 1 is 1.29 bits per heavy atom. The molecule has 0 fully saturated rings. The molecule has 5 heteroatoms. The largest absolute Gasteiger partial charge is 0.496 e. The molecule has 0 aliphatic carbocycles. The van der Waals surface area contributed by atoms with Crippen LogP contribution in [0.1, 0.15) is 38.1 Å². The molecule has 0 aliphatic rings. The molecule has 0 bridgehead atoms. The number of nitrogens with zero attached hydrogens (tertiary/aromatic N) is 1. The number of methoxy groups -OCH3 is 1. The molecule has 0 aromatic heterocycles. The van der Waals surface area contributed by atoms with Crippen LogP contribution in [0.4, 0.5) is 5.69 Å². The molecule has 0 unspecified atom stereocenters. The molecule has 0 spiro atoms. The Hall–Kier alpha value is -1.75. The lowest BCUT2D eigenvalue weighted by molar-refractivity contribution is 0.0937. The summed E-state index contributed by atoms with van der Waals surface area (Å²) in [4.78, 5) is 14.6. The van der Waals surface area contributed by atoms with Gasteiger partial charge in [-0.05, 0) is 39.8 Å². The molecule has 1 aromatic rings. The molecule has 0 saturated heterocycles. The van der Waals surface area contributed by atoms with Crippen molar-refractivity contribution >= 4 is 11.6 Å². The highest BCUT2D eigenvalue weighted by atomic mass is 16.5. The number of anilines is 1. The average molecular weight is 293 g/mol. The maximum absolute atomic E-state index is 12.3. The van der Waals surface area contributed by atoms with Crippen molar-refractivity contribution in [2.75, 3.05) is 25.9 Å². The van der Waals surface area contributed by atoms with E-state index in [9.17, 15) is 4.79 Å². The first kappa shape index (κ1) is 17.3. The van der Waals surface area contributed by atoms with Crippen molar-refractivity contribution in [3.8, 4) is 5.75 Å². The predicted octanol–water partition coefficient (Wildman–Crippen LogP) is 2.13. The maximum Gasteiger partial charge on any atom is 0.257 e. The fourth-order valence-corrected chi connectivity index (χ4v) is 2.46. The second-order valence-corrected chi connectivity index (χ2v) is 5.61. The third kappa shape index (κ3) is 4.63. The van der Waals surface area contributed by atoms with E-state index in [1.54, 1.807) is 18.2 Å². The van der Waals surface area contributed by atoms with Crippen LogP contribution in [0.15, 0.2) is 18.2 Å². The quantitative estimate of drug-likeness (QED) is 0.756. The van der Waals surface area contributed by atoms with E-state index in [0.717, 1.165) is 6.54 Å². The van der Waals surface area contributed by atoms with E-state index < -0.39 is 0 Å². The summed E-state index contributed by atoms with van der Waals surface area (Å²) in [6.07, 6.45) is 0. The number of ether oxygens (including phenoxy) is 1. The number of carbonyl (C=O) groups is 1. The molecule has 1 rings (SSSR count). The Morgan fingerprint density at radius 3 is 2.43 bits per heavy atom. The zero-order valence-corrected chi connectivity index (χ0v) is 13.6. The van der Waals surface area contributed by atoms with Crippen molar-refractivity contribution in [3.05, 3.63) is 23.8 Å². The molecule has 0 aliphatic heterocycles. The van der Waals surface area contributed by atoms with Crippen molar-refractivity contribution in [3.63, 3.8) is 0 Å². The third-order valence-electron chi connectivity index (χ3n) is 3.49. The van der Waals surface area contributed by atoms with Crippen molar-refractivity contribution in [2.45, 2.75) is 39.8 Å². The molecule has 21 heavy (non-hydrogen) atoms. The van der Waals surface area contributed by atoms with Gasteiger partial charge in [0, 0.05) is 30.9 Å². The topological polar surface area (TPSA) is 67.6 Å². The Labute approximate surface area is 127 Å². The summed E-state index contributed by atoms with van der Waals surface area (Å²) < 4.78 is 5.20. The van der Waals surface area contributed by atoms with Crippen LogP contribution >= 0.6 is 0 Å². The summed E-state index contributed by atoms with van der Waals surface area (Å²) in [5.74, 6) is 0.300. The van der Waals surface area contributed by atoms with Crippen molar-refractivity contribution in [2.24, 2.45) is 0 Å². The minimum atomic E-state index is -0.197. The first-order valence-electron chi connectivity index (χ1n) is 7.34. The number of hydrogen-bond donors (Lipinski definition) is 2. The van der Waals surface area contributed by atoms with Crippen molar-refractivity contribution < 1.29 is 9.53 Å². The second kappa shape index (κ2) is 7.88. The van der Waals surface area contributed by atoms with Gasteiger partial charge in [-0.3, -0.25) is 9.69 Å². The minimum absolute atomic E-state index is 0.197. The highest BCUT2D eigenvalue weighted by Gasteiger charge is 2.17. The summed E-state index contributed by atoms with van der Waals surface area (Å²) in [5, 5.41) is 2.91. The van der Waals surface area contributed by atoms with Gasteiger partial charge in [-0.15, -0.1) is 0 Å². The first-order valence-corrected chi connectivity index (χ1v) is 7.34. The molecule has 1 aromatic carbocycles. The zero-order chi connectivity index (χ0) is 16.0. The number of rotatable bonds is 7. The van der Waals surface area contributed by atoms with E-state index in [-0.39, 0.29) is 5.91 Å². The lowest BCUT2D eigenvalue weighted by Crippen LogP contribution is -2.42. The molecule has 3 N–H and O–H groups in total. The third-order valence-corrected chi connectivity index (χ3v) is 3.49. The van der Waals surface area contributed by atoms with Gasteiger partial charge in [0.15, 0.2) is 0 Å². The highest BCUT2D eigenvalue weighted by molar-refractivity contribution is 6.01. The molecule has 0 heterocycles. The summed E-state index contributed by atoms with van der Waals surface area (Å²) in [6, 6.07) is 6.09. The summed E-state index contributed by atoms with van der Waals surface area (Å²) in [7, 11) is 1.53. The fourth-order valence-electron chi connectivity index (χ4n) is 2.46. The highest BCUT2D eigenvalue weighted by Crippen LogP contribution is 2.23. The number of amides is 1. The lowest BCUT2D eigenvalue weighted by atomic mass is 10.1. The van der Waals surface area contributed by atoms with Crippen LogP contribution in [0.5, 0.6) is 5.75 Å². The van der Waals surface area contributed by atoms with E-state index in [1.807, 2.05) is 0 Å². The number of nitrogens with one attached hydrogen (secondary N) is 1. The Morgan fingerprint density at radius 2 is 1.90 bits per heavy atom. The average Bonchev–Trinajstić information content (AvgIpc) is 2.41. The second-order valence-electron chi connectivity index (χ2n) is 5.61. The lowest BCUT2D eigenvalue weighted by Gasteiger charge is -2.30. The smallest absolute Gasteiger partial charge is 0.257 e. The standard InChI is InChI=1S/C16H27N3O2/c1-11(2)19(12(3)4)10-9-18-16(20)15-13(17)7-6-8-14(15)21-5/h6-8,11-12H,9-10,17H2,1-5H3,(H,18,20). The molecule has 1 amide bonds. The summed E-state index contributed by atoms with van der Waals surface area (Å²) in [5.41, 5.74) is 6.71. The Kier molecular flexibility index (Phi) is 6.49. The van der Waals surface area contributed by atoms with Gasteiger partial charge in [0.1, 0.15) is 11.3 Å². The SMILES string of the molecule is COc1cccc(N)c1C(=O)NCCN(C(C)C)C(C)C. The van der Waals surface area contributed by atoms with E-state index in [1.165, 1.54) is 7.11 Å². The molecule has 0 atom stereocenters. The predicted molar refractivity (Wildman–Crippen MR) is 86.7 cm³/mol. The van der Waals surface area contributed by atoms with Gasteiger partial charge in [-0.1, -0.05) is 6.07 Å². The summed E-state index contributed by atoms with van der Waals surface area (Å²) in [6.45, 7) is 9.99. The molecule has 0 radical (unpaired) electrons. The maximum atomic E-state index is 12.3. The van der Waals surface area contributed by atoms with Gasteiger partial charge in [0.25, 0.3) is 5.91 Å². The molecule has 5 nitrogen and oxygen atoms in total.